The first-order valence-electron chi connectivity index (χ1n) is 6.29. The first-order valence-corrected chi connectivity index (χ1v) is 6.29. The van der Waals surface area contributed by atoms with Gasteiger partial charge in [-0.3, -0.25) is 4.68 Å². The molecule has 96 valence electrons. The molecular formula is C15H21N3. The van der Waals surface area contributed by atoms with Crippen LogP contribution in [0.1, 0.15) is 34.0 Å². The van der Waals surface area contributed by atoms with Crippen molar-refractivity contribution < 1.29 is 0 Å². The molecule has 1 heterocycles. The number of hydrogen-bond acceptors (Lipinski definition) is 2. The zero-order chi connectivity index (χ0) is 13.3. The molecule has 0 saturated carbocycles. The minimum atomic E-state index is 0.0131. The Hall–Kier alpha value is -1.61. The normalized spacial score (nSPS) is 12.7. The maximum absolute atomic E-state index is 6.31. The Morgan fingerprint density at radius 1 is 1.28 bits per heavy atom. The van der Waals surface area contributed by atoms with Crippen LogP contribution >= 0.6 is 0 Å². The third kappa shape index (κ3) is 2.46. The molecule has 0 aliphatic heterocycles. The molecule has 0 spiro atoms. The maximum atomic E-state index is 6.31. The number of aromatic nitrogens is 2. The highest BCUT2D eigenvalue weighted by atomic mass is 15.3. The van der Waals surface area contributed by atoms with Crippen molar-refractivity contribution in [2.24, 2.45) is 12.8 Å². The number of aryl methyl sites for hydroxylation is 3. The van der Waals surface area contributed by atoms with Crippen molar-refractivity contribution >= 4 is 0 Å². The van der Waals surface area contributed by atoms with Crippen LogP contribution < -0.4 is 5.73 Å². The fourth-order valence-electron chi connectivity index (χ4n) is 2.25. The molecule has 3 nitrogen and oxygen atoms in total. The van der Waals surface area contributed by atoms with Gasteiger partial charge in [0.05, 0.1) is 6.20 Å². The Morgan fingerprint density at radius 2 is 2.00 bits per heavy atom. The Morgan fingerprint density at radius 3 is 2.61 bits per heavy atom. The van der Waals surface area contributed by atoms with Gasteiger partial charge in [0.15, 0.2) is 0 Å². The van der Waals surface area contributed by atoms with E-state index in [1.165, 1.54) is 16.7 Å². The monoisotopic (exact) mass is 243 g/mol. The van der Waals surface area contributed by atoms with E-state index in [0.717, 1.165) is 17.7 Å². The SMILES string of the molecule is Cc1ccc(C)c(CC(N)c2cnn(C)c2C)c1. The highest BCUT2D eigenvalue weighted by Crippen LogP contribution is 2.21. The van der Waals surface area contributed by atoms with Gasteiger partial charge in [0, 0.05) is 24.3 Å². The molecule has 1 unspecified atom stereocenters. The van der Waals surface area contributed by atoms with Gasteiger partial charge >= 0.3 is 0 Å². The highest BCUT2D eigenvalue weighted by Gasteiger charge is 2.14. The zero-order valence-corrected chi connectivity index (χ0v) is 11.6. The summed E-state index contributed by atoms with van der Waals surface area (Å²) in [4.78, 5) is 0. The number of rotatable bonds is 3. The molecule has 0 amide bonds. The summed E-state index contributed by atoms with van der Waals surface area (Å²) >= 11 is 0. The molecule has 3 heteroatoms. The summed E-state index contributed by atoms with van der Waals surface area (Å²) in [5.41, 5.74) is 12.5. The van der Waals surface area contributed by atoms with Gasteiger partial charge in [0.1, 0.15) is 0 Å². The molecule has 2 aromatic rings. The van der Waals surface area contributed by atoms with Gasteiger partial charge in [-0.25, -0.2) is 0 Å². The number of nitrogens with zero attached hydrogens (tertiary/aromatic N) is 2. The van der Waals surface area contributed by atoms with Crippen molar-refractivity contribution in [3.8, 4) is 0 Å². The topological polar surface area (TPSA) is 43.8 Å². The highest BCUT2D eigenvalue weighted by molar-refractivity contribution is 5.33. The van der Waals surface area contributed by atoms with Crippen LogP contribution in [0.25, 0.3) is 0 Å². The van der Waals surface area contributed by atoms with Gasteiger partial charge in [-0.1, -0.05) is 23.8 Å². The smallest absolute Gasteiger partial charge is 0.0540 e. The van der Waals surface area contributed by atoms with E-state index in [1.54, 1.807) is 0 Å². The minimum Gasteiger partial charge on any atom is -0.324 e. The first-order chi connectivity index (χ1) is 8.49. The van der Waals surface area contributed by atoms with Crippen LogP contribution in [-0.4, -0.2) is 9.78 Å². The van der Waals surface area contributed by atoms with Crippen LogP contribution in [0.5, 0.6) is 0 Å². The molecule has 0 bridgehead atoms. The van der Waals surface area contributed by atoms with Crippen LogP contribution in [0.15, 0.2) is 24.4 Å². The average Bonchev–Trinajstić information content (AvgIpc) is 2.65. The van der Waals surface area contributed by atoms with Gasteiger partial charge in [0.2, 0.25) is 0 Å². The second-order valence-corrected chi connectivity index (χ2v) is 5.05. The summed E-state index contributed by atoms with van der Waals surface area (Å²) in [6.45, 7) is 6.31. The van der Waals surface area contributed by atoms with Crippen LogP contribution in [0.4, 0.5) is 0 Å². The van der Waals surface area contributed by atoms with Gasteiger partial charge in [-0.15, -0.1) is 0 Å². The lowest BCUT2D eigenvalue weighted by atomic mass is 9.96. The standard InChI is InChI=1S/C15H21N3/c1-10-5-6-11(2)13(7-10)8-15(16)14-9-17-18(4)12(14)3/h5-7,9,15H,8,16H2,1-4H3. The van der Waals surface area contributed by atoms with Crippen molar-refractivity contribution in [1.29, 1.82) is 0 Å². The largest absolute Gasteiger partial charge is 0.324 e. The van der Waals surface area contributed by atoms with Gasteiger partial charge < -0.3 is 5.73 Å². The molecular weight excluding hydrogens is 222 g/mol. The average molecular weight is 243 g/mol. The molecule has 0 aliphatic carbocycles. The van der Waals surface area contributed by atoms with Crippen molar-refractivity contribution in [2.45, 2.75) is 33.2 Å². The number of benzene rings is 1. The fraction of sp³-hybridized carbons (Fsp3) is 0.400. The van der Waals surface area contributed by atoms with Gasteiger partial charge in [0.25, 0.3) is 0 Å². The lowest BCUT2D eigenvalue weighted by Crippen LogP contribution is -2.15. The van der Waals surface area contributed by atoms with Crippen molar-refractivity contribution in [3.63, 3.8) is 0 Å². The molecule has 18 heavy (non-hydrogen) atoms. The molecule has 0 radical (unpaired) electrons. The lowest BCUT2D eigenvalue weighted by molar-refractivity contribution is 0.698. The van der Waals surface area contributed by atoms with E-state index in [4.69, 9.17) is 5.73 Å². The predicted octanol–water partition coefficient (Wildman–Crippen LogP) is 2.59. The quantitative estimate of drug-likeness (QED) is 0.900. The second kappa shape index (κ2) is 4.94. The molecule has 1 aromatic carbocycles. The van der Waals surface area contributed by atoms with E-state index in [1.807, 2.05) is 17.9 Å². The second-order valence-electron chi connectivity index (χ2n) is 5.05. The number of hydrogen-bond donors (Lipinski definition) is 1. The van der Waals surface area contributed by atoms with Crippen molar-refractivity contribution in [3.05, 3.63) is 52.3 Å². The van der Waals surface area contributed by atoms with E-state index < -0.39 is 0 Å². The first kappa shape index (κ1) is 12.8. The third-order valence-corrected chi connectivity index (χ3v) is 3.62. The molecule has 2 N–H and O–H groups in total. The summed E-state index contributed by atoms with van der Waals surface area (Å²) in [6.07, 6.45) is 2.74. The van der Waals surface area contributed by atoms with E-state index >= 15 is 0 Å². The summed E-state index contributed by atoms with van der Waals surface area (Å²) in [6, 6.07) is 6.54. The minimum absolute atomic E-state index is 0.0131. The summed E-state index contributed by atoms with van der Waals surface area (Å²) in [5, 5.41) is 4.26. The fourth-order valence-corrected chi connectivity index (χ4v) is 2.25. The van der Waals surface area contributed by atoms with E-state index in [9.17, 15) is 0 Å². The maximum Gasteiger partial charge on any atom is 0.0540 e. The molecule has 2 rings (SSSR count). The van der Waals surface area contributed by atoms with Crippen LogP contribution in [-0.2, 0) is 13.5 Å². The van der Waals surface area contributed by atoms with Gasteiger partial charge in [-0.05, 0) is 38.3 Å². The van der Waals surface area contributed by atoms with Crippen LogP contribution in [0.3, 0.4) is 0 Å². The molecule has 1 aromatic heterocycles. The van der Waals surface area contributed by atoms with Crippen LogP contribution in [0.2, 0.25) is 0 Å². The van der Waals surface area contributed by atoms with E-state index in [-0.39, 0.29) is 6.04 Å². The summed E-state index contributed by atoms with van der Waals surface area (Å²) in [5.74, 6) is 0. The number of nitrogens with two attached hydrogens (primary N) is 1. The Bertz CT molecular complexity index is 555. The molecule has 1 atom stereocenters. The lowest BCUT2D eigenvalue weighted by Gasteiger charge is -2.14. The molecule has 0 saturated heterocycles. The predicted molar refractivity (Wildman–Crippen MR) is 74.5 cm³/mol. The van der Waals surface area contributed by atoms with E-state index in [0.29, 0.717) is 0 Å². The van der Waals surface area contributed by atoms with Crippen molar-refractivity contribution in [2.75, 3.05) is 0 Å². The Balaban J connectivity index is 2.23. The Labute approximate surface area is 109 Å². The summed E-state index contributed by atoms with van der Waals surface area (Å²) < 4.78 is 1.87. The molecule has 0 fully saturated rings. The zero-order valence-electron chi connectivity index (χ0n) is 11.6. The van der Waals surface area contributed by atoms with Crippen LogP contribution in [0, 0.1) is 20.8 Å². The van der Waals surface area contributed by atoms with Crippen molar-refractivity contribution in [1.82, 2.24) is 9.78 Å². The summed E-state index contributed by atoms with van der Waals surface area (Å²) in [7, 11) is 1.95. The third-order valence-electron chi connectivity index (χ3n) is 3.62. The van der Waals surface area contributed by atoms with Gasteiger partial charge in [-0.2, -0.15) is 5.10 Å². The molecule has 0 aliphatic rings. The van der Waals surface area contributed by atoms with E-state index in [2.05, 4.69) is 44.1 Å². The Kier molecular flexibility index (Phi) is 3.53.